The van der Waals surface area contributed by atoms with Crippen molar-refractivity contribution in [3.05, 3.63) is 70.8 Å². The van der Waals surface area contributed by atoms with E-state index in [0.29, 0.717) is 6.07 Å². The van der Waals surface area contributed by atoms with Gasteiger partial charge in [-0.3, -0.25) is 0 Å². The Morgan fingerprint density at radius 2 is 1.64 bits per heavy atom. The number of hydrogen-bond donors (Lipinski definition) is 2. The molecule has 0 aliphatic heterocycles. The lowest BCUT2D eigenvalue weighted by Gasteiger charge is -2.35. The van der Waals surface area contributed by atoms with Crippen molar-refractivity contribution in [3.8, 4) is 0 Å². The van der Waals surface area contributed by atoms with E-state index in [2.05, 4.69) is 0 Å². The Bertz CT molecular complexity index is 672. The molecule has 0 amide bonds. The summed E-state index contributed by atoms with van der Waals surface area (Å²) in [5.41, 5.74) is 1.82. The van der Waals surface area contributed by atoms with Crippen LogP contribution in [0, 0.1) is 18.6 Å². The molecule has 0 bridgehead atoms. The molecule has 118 valence electrons. The molecule has 0 saturated heterocycles. The maximum Gasteiger partial charge on any atom is 0.306 e. The van der Waals surface area contributed by atoms with Crippen LogP contribution in [0.5, 0.6) is 0 Å². The molecule has 0 spiro atoms. The van der Waals surface area contributed by atoms with Crippen molar-refractivity contribution in [1.82, 2.24) is 0 Å². The summed E-state index contributed by atoms with van der Waals surface area (Å²) in [6.07, 6.45) is 0. The van der Waals surface area contributed by atoms with Crippen molar-refractivity contribution in [2.45, 2.75) is 18.4 Å². The summed E-state index contributed by atoms with van der Waals surface area (Å²) >= 11 is 0. The molecule has 1 atom stereocenters. The molecular formula is C16H15F4NO. The van der Waals surface area contributed by atoms with E-state index in [9.17, 15) is 22.7 Å². The molecule has 22 heavy (non-hydrogen) atoms. The van der Waals surface area contributed by atoms with E-state index < -0.39 is 40.8 Å². The van der Waals surface area contributed by atoms with Crippen LogP contribution >= 0.6 is 0 Å². The molecule has 0 fully saturated rings. The van der Waals surface area contributed by atoms with Gasteiger partial charge >= 0.3 is 5.92 Å². The van der Waals surface area contributed by atoms with E-state index in [4.69, 9.17) is 5.73 Å². The largest absolute Gasteiger partial charge is 0.377 e. The lowest BCUT2D eigenvalue weighted by Crippen LogP contribution is -2.49. The van der Waals surface area contributed by atoms with Crippen molar-refractivity contribution in [2.24, 2.45) is 5.73 Å². The van der Waals surface area contributed by atoms with Crippen molar-refractivity contribution in [2.75, 3.05) is 6.54 Å². The molecule has 0 radical (unpaired) electrons. The first-order valence-corrected chi connectivity index (χ1v) is 6.55. The second-order valence-corrected chi connectivity index (χ2v) is 5.13. The van der Waals surface area contributed by atoms with Crippen LogP contribution in [0.1, 0.15) is 16.7 Å². The molecule has 2 rings (SSSR count). The topological polar surface area (TPSA) is 46.2 Å². The van der Waals surface area contributed by atoms with Crippen LogP contribution in [-0.2, 0) is 11.5 Å². The van der Waals surface area contributed by atoms with Gasteiger partial charge < -0.3 is 10.8 Å². The molecule has 0 unspecified atom stereocenters. The van der Waals surface area contributed by atoms with E-state index in [0.717, 1.165) is 29.8 Å². The highest BCUT2D eigenvalue weighted by Gasteiger charge is 2.55. The van der Waals surface area contributed by atoms with Gasteiger partial charge in [-0.15, -0.1) is 0 Å². The van der Waals surface area contributed by atoms with Crippen LogP contribution in [0.25, 0.3) is 0 Å². The SMILES string of the molecule is Cc1ccc(C(F)(F)[C@](O)(CN)c2ccc(F)cc2F)cc1. The molecule has 6 heteroatoms. The third kappa shape index (κ3) is 2.60. The molecule has 2 aromatic rings. The van der Waals surface area contributed by atoms with E-state index in [1.807, 2.05) is 0 Å². The standard InChI is InChI=1S/C16H15F4NO/c1-10-2-4-11(5-3-10)16(19,20)15(22,9-21)13-7-6-12(17)8-14(13)18/h2-8,22H,9,21H2,1H3/t15-/m0/s1. The quantitative estimate of drug-likeness (QED) is 0.852. The second-order valence-electron chi connectivity index (χ2n) is 5.13. The van der Waals surface area contributed by atoms with Gasteiger partial charge in [0.05, 0.1) is 0 Å². The normalized spacial score (nSPS) is 14.7. The average Bonchev–Trinajstić information content (AvgIpc) is 2.46. The summed E-state index contributed by atoms with van der Waals surface area (Å²) in [5, 5.41) is 10.4. The monoisotopic (exact) mass is 313 g/mol. The third-order valence-corrected chi connectivity index (χ3v) is 3.61. The van der Waals surface area contributed by atoms with Gasteiger partial charge in [0.15, 0.2) is 5.60 Å². The molecule has 0 saturated carbocycles. The highest BCUT2D eigenvalue weighted by atomic mass is 19.3. The minimum Gasteiger partial charge on any atom is -0.377 e. The summed E-state index contributed by atoms with van der Waals surface area (Å²) in [7, 11) is 0. The number of aliphatic hydroxyl groups is 1. The number of aryl methyl sites for hydroxylation is 1. The Morgan fingerprint density at radius 1 is 1.05 bits per heavy atom. The molecule has 0 aliphatic rings. The fraction of sp³-hybridized carbons (Fsp3) is 0.250. The van der Waals surface area contributed by atoms with Gasteiger partial charge in [0.2, 0.25) is 0 Å². The van der Waals surface area contributed by atoms with Crippen molar-refractivity contribution in [1.29, 1.82) is 0 Å². The van der Waals surface area contributed by atoms with E-state index >= 15 is 0 Å². The first-order chi connectivity index (χ1) is 10.2. The van der Waals surface area contributed by atoms with Crippen LogP contribution < -0.4 is 5.73 Å². The van der Waals surface area contributed by atoms with Crippen LogP contribution in [-0.4, -0.2) is 11.7 Å². The lowest BCUT2D eigenvalue weighted by atomic mass is 9.83. The maximum absolute atomic E-state index is 14.7. The summed E-state index contributed by atoms with van der Waals surface area (Å²) in [6, 6.07) is 7.17. The molecule has 0 heterocycles. The average molecular weight is 313 g/mol. The summed E-state index contributed by atoms with van der Waals surface area (Å²) in [4.78, 5) is 0. The Morgan fingerprint density at radius 3 is 2.14 bits per heavy atom. The maximum atomic E-state index is 14.7. The van der Waals surface area contributed by atoms with Crippen LogP contribution in [0.15, 0.2) is 42.5 Å². The molecular weight excluding hydrogens is 298 g/mol. The smallest absolute Gasteiger partial charge is 0.306 e. The summed E-state index contributed by atoms with van der Waals surface area (Å²) in [5.74, 6) is -6.06. The number of nitrogens with two attached hydrogens (primary N) is 1. The minimum atomic E-state index is -3.85. The van der Waals surface area contributed by atoms with Gasteiger partial charge in [-0.05, 0) is 13.0 Å². The highest BCUT2D eigenvalue weighted by Crippen LogP contribution is 2.45. The second kappa shape index (κ2) is 5.70. The summed E-state index contributed by atoms with van der Waals surface area (Å²) < 4.78 is 56.2. The van der Waals surface area contributed by atoms with Crippen LogP contribution in [0.4, 0.5) is 17.6 Å². The van der Waals surface area contributed by atoms with Crippen molar-refractivity contribution < 1.29 is 22.7 Å². The minimum absolute atomic E-state index is 0.432. The Hall–Kier alpha value is -1.92. The zero-order valence-electron chi connectivity index (χ0n) is 11.8. The number of alkyl halides is 2. The zero-order chi connectivity index (χ0) is 16.5. The predicted octanol–water partition coefficient (Wildman–Crippen LogP) is 3.21. The fourth-order valence-corrected chi connectivity index (χ4v) is 2.23. The van der Waals surface area contributed by atoms with E-state index in [-0.39, 0.29) is 0 Å². The van der Waals surface area contributed by atoms with E-state index in [1.165, 1.54) is 12.1 Å². The van der Waals surface area contributed by atoms with Gasteiger partial charge in [0.1, 0.15) is 11.6 Å². The molecule has 3 N–H and O–H groups in total. The van der Waals surface area contributed by atoms with Gasteiger partial charge in [-0.25, -0.2) is 8.78 Å². The van der Waals surface area contributed by atoms with Crippen LogP contribution in [0.2, 0.25) is 0 Å². The number of halogens is 4. The Balaban J connectivity index is 2.59. The number of hydrogen-bond acceptors (Lipinski definition) is 2. The molecule has 0 aliphatic carbocycles. The van der Waals surface area contributed by atoms with Gasteiger partial charge in [0, 0.05) is 23.7 Å². The lowest BCUT2D eigenvalue weighted by molar-refractivity contribution is -0.191. The van der Waals surface area contributed by atoms with Crippen molar-refractivity contribution in [3.63, 3.8) is 0 Å². The Kier molecular flexibility index (Phi) is 4.26. The molecule has 2 aromatic carbocycles. The van der Waals surface area contributed by atoms with E-state index in [1.54, 1.807) is 6.92 Å². The number of benzene rings is 2. The Labute approximate surface area is 125 Å². The van der Waals surface area contributed by atoms with Gasteiger partial charge in [-0.1, -0.05) is 35.9 Å². The van der Waals surface area contributed by atoms with Crippen LogP contribution in [0.3, 0.4) is 0 Å². The van der Waals surface area contributed by atoms with Crippen molar-refractivity contribution >= 4 is 0 Å². The predicted molar refractivity (Wildman–Crippen MR) is 74.4 cm³/mol. The van der Waals surface area contributed by atoms with Gasteiger partial charge in [0.25, 0.3) is 0 Å². The first kappa shape index (κ1) is 16.5. The third-order valence-electron chi connectivity index (χ3n) is 3.61. The van der Waals surface area contributed by atoms with Gasteiger partial charge in [-0.2, -0.15) is 8.78 Å². The first-order valence-electron chi connectivity index (χ1n) is 6.55. The zero-order valence-corrected chi connectivity index (χ0v) is 11.8. The fourth-order valence-electron chi connectivity index (χ4n) is 2.23. The summed E-state index contributed by atoms with van der Waals surface area (Å²) in [6.45, 7) is 0.785. The highest BCUT2D eigenvalue weighted by molar-refractivity contribution is 5.34. The number of rotatable bonds is 4. The molecule has 2 nitrogen and oxygen atoms in total. The molecule has 0 aromatic heterocycles.